The van der Waals surface area contributed by atoms with Crippen molar-refractivity contribution in [3.05, 3.63) is 96.1 Å². The van der Waals surface area contributed by atoms with E-state index in [1.54, 1.807) is 18.2 Å². The standard InChI is InChI=1S/C24H16Cl2N2O3S/c1-13-17(12-27)23(30)28(10-9-14-5-3-2-4-6-14)24(31)19(13)21(29)22-20(26)16-8-7-15(25)11-18(16)32-22/h2-8,11,31H,9-10H2,1H3. The second-order valence-corrected chi connectivity index (χ2v) is 9.08. The summed E-state index contributed by atoms with van der Waals surface area (Å²) < 4.78 is 1.80. The number of hydrogen-bond donors (Lipinski definition) is 1. The fraction of sp³-hybridized carbons (Fsp3) is 0.125. The summed E-state index contributed by atoms with van der Waals surface area (Å²) in [6.07, 6.45) is 0.442. The van der Waals surface area contributed by atoms with E-state index in [0.29, 0.717) is 16.8 Å². The van der Waals surface area contributed by atoms with E-state index < -0.39 is 17.2 Å². The maximum atomic E-state index is 13.5. The number of aromatic hydroxyl groups is 1. The van der Waals surface area contributed by atoms with Crippen LogP contribution in [0.4, 0.5) is 0 Å². The van der Waals surface area contributed by atoms with E-state index in [2.05, 4.69) is 0 Å². The van der Waals surface area contributed by atoms with E-state index in [1.807, 2.05) is 36.4 Å². The zero-order chi connectivity index (χ0) is 23.0. The fourth-order valence-corrected chi connectivity index (χ4v) is 5.35. The number of carbonyl (C=O) groups excluding carboxylic acids is 1. The number of aryl methyl sites for hydroxylation is 1. The van der Waals surface area contributed by atoms with Crippen molar-refractivity contribution in [3.63, 3.8) is 0 Å². The maximum Gasteiger partial charge on any atom is 0.271 e. The van der Waals surface area contributed by atoms with Crippen molar-refractivity contribution < 1.29 is 9.90 Å². The first kappa shape index (κ1) is 22.1. The monoisotopic (exact) mass is 482 g/mol. The summed E-state index contributed by atoms with van der Waals surface area (Å²) in [5, 5.41) is 22.0. The minimum absolute atomic E-state index is 0.103. The summed E-state index contributed by atoms with van der Waals surface area (Å²) in [6.45, 7) is 1.59. The number of fused-ring (bicyclic) bond motifs is 1. The molecule has 0 aliphatic heterocycles. The van der Waals surface area contributed by atoms with Crippen molar-refractivity contribution in [2.45, 2.75) is 19.9 Å². The number of halogens is 2. The lowest BCUT2D eigenvalue weighted by atomic mass is 10.0. The number of thiophene rings is 1. The molecule has 4 aromatic rings. The molecule has 0 bridgehead atoms. The Morgan fingerprint density at radius 1 is 1.19 bits per heavy atom. The zero-order valence-corrected chi connectivity index (χ0v) is 19.2. The SMILES string of the molecule is Cc1c(C(=O)c2sc3cc(Cl)ccc3c2Cl)c(O)n(CCc2ccccc2)c(=O)c1C#N. The third kappa shape index (κ3) is 3.80. The molecular weight excluding hydrogens is 467 g/mol. The van der Waals surface area contributed by atoms with E-state index >= 15 is 0 Å². The third-order valence-corrected chi connectivity index (χ3v) is 7.18. The Morgan fingerprint density at radius 3 is 2.59 bits per heavy atom. The molecule has 2 aromatic carbocycles. The summed E-state index contributed by atoms with van der Waals surface area (Å²) in [5.74, 6) is -1.02. The Morgan fingerprint density at radius 2 is 1.91 bits per heavy atom. The Balaban J connectivity index is 1.85. The minimum Gasteiger partial charge on any atom is -0.494 e. The lowest BCUT2D eigenvalue weighted by molar-refractivity contribution is 0.103. The summed E-state index contributed by atoms with van der Waals surface area (Å²) in [4.78, 5) is 26.5. The van der Waals surface area contributed by atoms with Crippen LogP contribution in [0, 0.1) is 18.3 Å². The third-order valence-electron chi connectivity index (χ3n) is 5.29. The number of ketones is 1. The predicted octanol–water partition coefficient (Wildman–Crippen LogP) is 5.73. The molecule has 0 unspecified atom stereocenters. The molecule has 0 saturated carbocycles. The average molecular weight is 483 g/mol. The van der Waals surface area contributed by atoms with Gasteiger partial charge in [0.25, 0.3) is 5.56 Å². The Hall–Kier alpha value is -3.11. The van der Waals surface area contributed by atoms with Gasteiger partial charge in [-0.2, -0.15) is 5.26 Å². The summed E-state index contributed by atoms with van der Waals surface area (Å²) >= 11 is 13.7. The van der Waals surface area contributed by atoms with Crippen LogP contribution in [0.15, 0.2) is 53.3 Å². The van der Waals surface area contributed by atoms with Crippen molar-refractivity contribution >= 4 is 50.4 Å². The van der Waals surface area contributed by atoms with Crippen LogP contribution >= 0.6 is 34.5 Å². The Bertz CT molecular complexity index is 1470. The smallest absolute Gasteiger partial charge is 0.271 e. The van der Waals surface area contributed by atoms with Crippen LogP contribution < -0.4 is 5.56 Å². The number of aromatic nitrogens is 1. The van der Waals surface area contributed by atoms with Gasteiger partial charge in [0.2, 0.25) is 11.7 Å². The molecule has 0 aliphatic rings. The molecule has 0 saturated heterocycles. The van der Waals surface area contributed by atoms with Crippen LogP contribution in [0.2, 0.25) is 10.0 Å². The van der Waals surface area contributed by atoms with Gasteiger partial charge < -0.3 is 5.11 Å². The molecule has 0 amide bonds. The number of carbonyl (C=O) groups is 1. The minimum atomic E-state index is -0.635. The zero-order valence-electron chi connectivity index (χ0n) is 16.9. The van der Waals surface area contributed by atoms with Gasteiger partial charge in [-0.25, -0.2) is 0 Å². The molecule has 4 rings (SSSR count). The van der Waals surface area contributed by atoms with Gasteiger partial charge in [0.05, 0.1) is 15.5 Å². The molecule has 0 spiro atoms. The highest BCUT2D eigenvalue weighted by Crippen LogP contribution is 2.39. The lowest BCUT2D eigenvalue weighted by Crippen LogP contribution is -2.27. The number of nitrogens with zero attached hydrogens (tertiary/aromatic N) is 2. The van der Waals surface area contributed by atoms with Crippen molar-refractivity contribution in [2.75, 3.05) is 0 Å². The second-order valence-electron chi connectivity index (χ2n) is 7.22. The van der Waals surface area contributed by atoms with Crippen molar-refractivity contribution in [3.8, 4) is 11.9 Å². The average Bonchev–Trinajstić information content (AvgIpc) is 3.10. The topological polar surface area (TPSA) is 83.1 Å². The van der Waals surface area contributed by atoms with Gasteiger partial charge in [0.15, 0.2) is 0 Å². The molecule has 0 radical (unpaired) electrons. The number of rotatable bonds is 5. The van der Waals surface area contributed by atoms with Crippen molar-refractivity contribution in [1.29, 1.82) is 5.26 Å². The van der Waals surface area contributed by atoms with Crippen molar-refractivity contribution in [2.24, 2.45) is 0 Å². The number of benzene rings is 2. The first-order valence-corrected chi connectivity index (χ1v) is 11.2. The predicted molar refractivity (Wildman–Crippen MR) is 127 cm³/mol. The molecule has 0 atom stereocenters. The highest BCUT2D eigenvalue weighted by molar-refractivity contribution is 7.21. The first-order valence-electron chi connectivity index (χ1n) is 9.66. The van der Waals surface area contributed by atoms with Gasteiger partial charge in [0, 0.05) is 21.7 Å². The van der Waals surface area contributed by atoms with Crippen LogP contribution in [-0.4, -0.2) is 15.5 Å². The highest BCUT2D eigenvalue weighted by atomic mass is 35.5. The van der Waals surface area contributed by atoms with Gasteiger partial charge >= 0.3 is 0 Å². The molecule has 0 aliphatic carbocycles. The van der Waals surface area contributed by atoms with Crippen LogP contribution in [0.25, 0.3) is 10.1 Å². The quantitative estimate of drug-likeness (QED) is 0.368. The van der Waals surface area contributed by atoms with Crippen LogP contribution in [0.3, 0.4) is 0 Å². The molecule has 5 nitrogen and oxygen atoms in total. The number of pyridine rings is 1. The molecule has 8 heteroatoms. The van der Waals surface area contributed by atoms with Crippen LogP contribution in [0.1, 0.15) is 31.9 Å². The van der Waals surface area contributed by atoms with Crippen molar-refractivity contribution in [1.82, 2.24) is 4.57 Å². The van der Waals surface area contributed by atoms with Crippen LogP contribution in [-0.2, 0) is 13.0 Å². The maximum absolute atomic E-state index is 13.5. The largest absolute Gasteiger partial charge is 0.494 e. The van der Waals surface area contributed by atoms with E-state index in [9.17, 15) is 20.0 Å². The van der Waals surface area contributed by atoms with Gasteiger partial charge in [-0.1, -0.05) is 59.6 Å². The number of nitriles is 1. The van der Waals surface area contributed by atoms with E-state index in [1.165, 1.54) is 6.92 Å². The van der Waals surface area contributed by atoms with E-state index in [-0.39, 0.29) is 33.1 Å². The van der Waals surface area contributed by atoms with E-state index in [4.69, 9.17) is 23.2 Å². The van der Waals surface area contributed by atoms with E-state index in [0.717, 1.165) is 26.2 Å². The van der Waals surface area contributed by atoms with Crippen LogP contribution in [0.5, 0.6) is 5.88 Å². The molecule has 2 heterocycles. The molecule has 32 heavy (non-hydrogen) atoms. The first-order chi connectivity index (χ1) is 15.3. The van der Waals surface area contributed by atoms with Gasteiger partial charge in [0.1, 0.15) is 11.6 Å². The lowest BCUT2D eigenvalue weighted by Gasteiger charge is -2.15. The Labute approximate surface area is 197 Å². The summed E-state index contributed by atoms with van der Waals surface area (Å²) in [6, 6.07) is 16.4. The van der Waals surface area contributed by atoms with Gasteiger partial charge in [-0.3, -0.25) is 14.2 Å². The summed E-state index contributed by atoms with van der Waals surface area (Å²) in [7, 11) is 0. The number of hydrogen-bond acceptors (Lipinski definition) is 5. The molecule has 0 fully saturated rings. The highest BCUT2D eigenvalue weighted by Gasteiger charge is 2.28. The molecule has 2 aromatic heterocycles. The molecular formula is C24H16Cl2N2O3S. The summed E-state index contributed by atoms with van der Waals surface area (Å²) in [5.41, 5.74) is 0.162. The van der Waals surface area contributed by atoms with Gasteiger partial charge in [-0.05, 0) is 36.6 Å². The molecule has 1 N–H and O–H groups in total. The Kier molecular flexibility index (Phi) is 6.07. The van der Waals surface area contributed by atoms with Gasteiger partial charge in [-0.15, -0.1) is 11.3 Å². The second kappa shape index (κ2) is 8.79. The normalized spacial score (nSPS) is 10.9. The fourth-order valence-electron chi connectivity index (χ4n) is 3.61. The molecule has 160 valence electrons.